The van der Waals surface area contributed by atoms with Gasteiger partial charge in [0.15, 0.2) is 0 Å². The predicted octanol–water partition coefficient (Wildman–Crippen LogP) is 2.89. The summed E-state index contributed by atoms with van der Waals surface area (Å²) in [6, 6.07) is 9.67. The predicted molar refractivity (Wildman–Crippen MR) is 126 cm³/mol. The summed E-state index contributed by atoms with van der Waals surface area (Å²) in [5, 5.41) is 0.757. The van der Waals surface area contributed by atoms with Crippen LogP contribution in [0.4, 0.5) is 0 Å². The second-order valence-corrected chi connectivity index (χ2v) is 7.95. The molecule has 8 heteroatoms. The fourth-order valence-corrected chi connectivity index (χ4v) is 4.13. The van der Waals surface area contributed by atoms with Crippen LogP contribution >= 0.6 is 0 Å². The van der Waals surface area contributed by atoms with Gasteiger partial charge in [-0.1, -0.05) is 12.1 Å². The quantitative estimate of drug-likeness (QED) is 0.511. The Morgan fingerprint density at radius 3 is 2.52 bits per heavy atom. The van der Waals surface area contributed by atoms with E-state index in [-0.39, 0.29) is 17.7 Å². The molecule has 0 amide bonds. The Morgan fingerprint density at radius 2 is 1.85 bits per heavy atom. The summed E-state index contributed by atoms with van der Waals surface area (Å²) in [6.45, 7) is 7.81. The molecule has 0 aliphatic carbocycles. The first-order valence-corrected chi connectivity index (χ1v) is 11.2. The highest BCUT2D eigenvalue weighted by atomic mass is 16.5. The van der Waals surface area contributed by atoms with E-state index in [0.717, 1.165) is 35.4 Å². The Kier molecular flexibility index (Phi) is 7.05. The molecule has 1 aliphatic heterocycles. The number of aromatic nitrogens is 2. The number of fused-ring (bicyclic) bond motifs is 1. The van der Waals surface area contributed by atoms with Crippen LogP contribution in [0, 0.1) is 6.92 Å². The topological polar surface area (TPSA) is 82.9 Å². The molecule has 1 saturated heterocycles. The van der Waals surface area contributed by atoms with E-state index < -0.39 is 5.97 Å². The molecule has 0 atom stereocenters. The van der Waals surface area contributed by atoms with Gasteiger partial charge in [0.25, 0.3) is 5.56 Å². The molecule has 0 bridgehead atoms. The van der Waals surface area contributed by atoms with Gasteiger partial charge in [-0.25, -0.2) is 9.78 Å². The molecule has 3 aromatic rings. The zero-order valence-electron chi connectivity index (χ0n) is 19.3. The van der Waals surface area contributed by atoms with Crippen LogP contribution in [0.5, 0.6) is 5.75 Å². The van der Waals surface area contributed by atoms with Crippen LogP contribution in [0.2, 0.25) is 0 Å². The third-order valence-corrected chi connectivity index (χ3v) is 6.01. The largest absolute Gasteiger partial charge is 0.497 e. The second kappa shape index (κ2) is 10.1. The van der Waals surface area contributed by atoms with Crippen molar-refractivity contribution < 1.29 is 19.0 Å². The van der Waals surface area contributed by atoms with Crippen LogP contribution in [0.25, 0.3) is 22.2 Å². The van der Waals surface area contributed by atoms with E-state index in [4.69, 9.17) is 14.2 Å². The van der Waals surface area contributed by atoms with E-state index in [1.54, 1.807) is 31.7 Å². The number of benzene rings is 1. The van der Waals surface area contributed by atoms with Crippen molar-refractivity contribution >= 4 is 17.0 Å². The maximum Gasteiger partial charge on any atom is 0.344 e. The second-order valence-electron chi connectivity index (χ2n) is 7.95. The summed E-state index contributed by atoms with van der Waals surface area (Å²) >= 11 is 0. The van der Waals surface area contributed by atoms with Crippen molar-refractivity contribution in [2.45, 2.75) is 20.4 Å². The number of pyridine rings is 2. The average Bonchev–Trinajstić information content (AvgIpc) is 2.85. The van der Waals surface area contributed by atoms with Crippen molar-refractivity contribution in [1.29, 1.82) is 0 Å². The molecule has 1 aromatic carbocycles. The van der Waals surface area contributed by atoms with Gasteiger partial charge in [-0.2, -0.15) is 0 Å². The minimum atomic E-state index is -0.600. The molecule has 8 nitrogen and oxygen atoms in total. The van der Waals surface area contributed by atoms with E-state index >= 15 is 0 Å². The number of aryl methyl sites for hydroxylation is 1. The Labute approximate surface area is 192 Å². The van der Waals surface area contributed by atoms with Gasteiger partial charge < -0.3 is 14.2 Å². The molecule has 0 radical (unpaired) electrons. The lowest BCUT2D eigenvalue weighted by Gasteiger charge is -2.27. The smallest absolute Gasteiger partial charge is 0.344 e. The number of morpholine rings is 1. The fraction of sp³-hybridized carbons (Fsp3) is 0.400. The summed E-state index contributed by atoms with van der Waals surface area (Å²) in [6.07, 6.45) is 1.76. The number of hydrogen-bond donors (Lipinski definition) is 0. The van der Waals surface area contributed by atoms with Crippen LogP contribution in [-0.2, 0) is 16.0 Å². The number of ether oxygens (including phenoxy) is 3. The molecular formula is C25H29N3O5. The fourth-order valence-electron chi connectivity index (χ4n) is 4.13. The molecule has 0 spiro atoms. The number of methoxy groups -OCH3 is 1. The molecule has 0 saturated carbocycles. The highest BCUT2D eigenvalue weighted by Crippen LogP contribution is 2.27. The zero-order valence-corrected chi connectivity index (χ0v) is 19.3. The number of rotatable bonds is 7. The van der Waals surface area contributed by atoms with E-state index in [1.807, 2.05) is 30.3 Å². The van der Waals surface area contributed by atoms with Gasteiger partial charge >= 0.3 is 5.97 Å². The normalized spacial score (nSPS) is 14.4. The number of carbonyl (C=O) groups excluding carboxylic acids is 1. The maximum absolute atomic E-state index is 13.4. The summed E-state index contributed by atoms with van der Waals surface area (Å²) < 4.78 is 17.5. The van der Waals surface area contributed by atoms with Crippen molar-refractivity contribution in [3.05, 3.63) is 58.0 Å². The minimum absolute atomic E-state index is 0.0695. The zero-order chi connectivity index (χ0) is 23.4. The van der Waals surface area contributed by atoms with Gasteiger partial charge in [-0.05, 0) is 43.2 Å². The number of hydrogen-bond acceptors (Lipinski definition) is 7. The Balaban J connectivity index is 1.81. The highest BCUT2D eigenvalue weighted by molar-refractivity contribution is 5.97. The molecule has 2 aromatic heterocycles. The molecule has 0 N–H and O–H groups in total. The average molecular weight is 452 g/mol. The molecule has 33 heavy (non-hydrogen) atoms. The lowest BCUT2D eigenvalue weighted by molar-refractivity contribution is 0.0364. The summed E-state index contributed by atoms with van der Waals surface area (Å²) in [4.78, 5) is 33.0. The summed E-state index contributed by atoms with van der Waals surface area (Å²) in [5.74, 6) is 0.169. The summed E-state index contributed by atoms with van der Waals surface area (Å²) in [7, 11) is 1.63. The Bertz CT molecular complexity index is 1200. The standard InChI is InChI=1S/C25H29N3O5/c1-4-33-25(30)22-17(2)21-15-19(18-5-7-20(31-3)8-6-18)16-26-23(21)28(24(22)29)10-9-27-11-13-32-14-12-27/h5-8,15-16H,4,9-14H2,1-3H3. The van der Waals surface area contributed by atoms with E-state index in [9.17, 15) is 9.59 Å². The first-order chi connectivity index (χ1) is 16.0. The molecule has 1 fully saturated rings. The van der Waals surface area contributed by atoms with Crippen LogP contribution in [0.1, 0.15) is 22.8 Å². The van der Waals surface area contributed by atoms with E-state index in [2.05, 4.69) is 9.88 Å². The van der Waals surface area contributed by atoms with Crippen LogP contribution in [0.15, 0.2) is 41.3 Å². The number of esters is 1. The minimum Gasteiger partial charge on any atom is -0.497 e. The van der Waals surface area contributed by atoms with Crippen LogP contribution in [-0.4, -0.2) is 67.0 Å². The van der Waals surface area contributed by atoms with Gasteiger partial charge in [-0.15, -0.1) is 0 Å². The van der Waals surface area contributed by atoms with Gasteiger partial charge in [0, 0.05) is 43.3 Å². The lowest BCUT2D eigenvalue weighted by Crippen LogP contribution is -2.40. The molecule has 174 valence electrons. The summed E-state index contributed by atoms with van der Waals surface area (Å²) in [5.41, 5.74) is 2.71. The first kappa shape index (κ1) is 22.9. The van der Waals surface area contributed by atoms with Crippen LogP contribution in [0.3, 0.4) is 0 Å². The van der Waals surface area contributed by atoms with Gasteiger partial charge in [-0.3, -0.25) is 14.3 Å². The third kappa shape index (κ3) is 4.77. The van der Waals surface area contributed by atoms with Crippen molar-refractivity contribution in [2.75, 3.05) is 46.6 Å². The van der Waals surface area contributed by atoms with Crippen molar-refractivity contribution in [2.24, 2.45) is 0 Å². The molecule has 3 heterocycles. The lowest BCUT2D eigenvalue weighted by atomic mass is 10.0. The maximum atomic E-state index is 13.4. The monoisotopic (exact) mass is 451 g/mol. The van der Waals surface area contributed by atoms with E-state index in [1.165, 1.54) is 0 Å². The van der Waals surface area contributed by atoms with Crippen molar-refractivity contribution in [3.8, 4) is 16.9 Å². The van der Waals surface area contributed by atoms with Crippen LogP contribution < -0.4 is 10.3 Å². The molecule has 0 unspecified atom stereocenters. The van der Waals surface area contributed by atoms with Gasteiger partial charge in [0.1, 0.15) is 17.0 Å². The number of nitrogens with zero attached hydrogens (tertiary/aromatic N) is 3. The molecule has 1 aliphatic rings. The number of carbonyl (C=O) groups is 1. The van der Waals surface area contributed by atoms with Crippen molar-refractivity contribution in [3.63, 3.8) is 0 Å². The Morgan fingerprint density at radius 1 is 1.12 bits per heavy atom. The third-order valence-electron chi connectivity index (χ3n) is 6.01. The van der Waals surface area contributed by atoms with Crippen molar-refractivity contribution in [1.82, 2.24) is 14.5 Å². The van der Waals surface area contributed by atoms with Gasteiger partial charge in [0.2, 0.25) is 0 Å². The molecule has 4 rings (SSSR count). The van der Waals surface area contributed by atoms with E-state index in [0.29, 0.717) is 37.5 Å². The first-order valence-electron chi connectivity index (χ1n) is 11.2. The highest BCUT2D eigenvalue weighted by Gasteiger charge is 2.23. The van der Waals surface area contributed by atoms with Gasteiger partial charge in [0.05, 0.1) is 26.9 Å². The molecular weight excluding hydrogens is 422 g/mol. The Hall–Kier alpha value is -3.23. The SMILES string of the molecule is CCOC(=O)c1c(C)c2cc(-c3ccc(OC)cc3)cnc2n(CCN2CCOCC2)c1=O.